The number of rotatable bonds is 10. The van der Waals surface area contributed by atoms with Crippen LogP contribution in [0.4, 0.5) is 23.1 Å². The fraction of sp³-hybridized carbons (Fsp3) is 0.407. The van der Waals surface area contributed by atoms with Crippen LogP contribution in [-0.4, -0.2) is 55.1 Å². The molecule has 0 saturated carbocycles. The van der Waals surface area contributed by atoms with Crippen LogP contribution in [0.2, 0.25) is 0 Å². The van der Waals surface area contributed by atoms with Crippen molar-refractivity contribution in [2.45, 2.75) is 51.0 Å². The number of halogens is 2. The molecule has 2 heterocycles. The van der Waals surface area contributed by atoms with E-state index in [1.165, 1.54) is 25.9 Å². The van der Waals surface area contributed by atoms with Crippen LogP contribution in [0.25, 0.3) is 0 Å². The van der Waals surface area contributed by atoms with Crippen LogP contribution in [0.5, 0.6) is 5.75 Å². The van der Waals surface area contributed by atoms with Crippen molar-refractivity contribution in [1.29, 1.82) is 0 Å². The highest BCUT2D eigenvalue weighted by atomic mass is 35.5. The van der Waals surface area contributed by atoms with Crippen molar-refractivity contribution in [3.63, 3.8) is 0 Å². The first-order valence-corrected chi connectivity index (χ1v) is 14.0. The van der Waals surface area contributed by atoms with E-state index >= 15 is 0 Å². The van der Waals surface area contributed by atoms with Gasteiger partial charge in [-0.3, -0.25) is 4.90 Å². The number of sulfonamides is 1. The third kappa shape index (κ3) is 9.81. The molecule has 0 amide bonds. The standard InChI is InChI=1S/C27H36N6O3S.2ClH/c1-20-19-28-26(30-21-10-12-23(13-11-21)36-17-16-33-14-5-6-15-33)31-25(20)29-22-8-7-9-24(18-22)37(34,35)32-27(2,3)4;;/h7-13,18-19,32H,5-6,14-17H2,1-4H3,(H2,28,29,30,31);2*1H. The van der Waals surface area contributed by atoms with Gasteiger partial charge in [-0.2, -0.15) is 4.98 Å². The summed E-state index contributed by atoms with van der Waals surface area (Å²) in [4.78, 5) is 11.6. The Kier molecular flexibility index (Phi) is 11.8. The molecular formula is C27H38Cl2N6O3S. The van der Waals surface area contributed by atoms with Crippen molar-refractivity contribution in [3.05, 3.63) is 60.3 Å². The van der Waals surface area contributed by atoms with Gasteiger partial charge in [-0.15, -0.1) is 24.8 Å². The second kappa shape index (κ2) is 14.1. The Morgan fingerprint density at radius 1 is 0.974 bits per heavy atom. The van der Waals surface area contributed by atoms with E-state index < -0.39 is 15.6 Å². The van der Waals surface area contributed by atoms with Crippen LogP contribution in [0.3, 0.4) is 0 Å². The number of anilines is 4. The van der Waals surface area contributed by atoms with E-state index in [9.17, 15) is 8.42 Å². The van der Waals surface area contributed by atoms with Crippen molar-refractivity contribution in [2.24, 2.45) is 0 Å². The number of aryl methyl sites for hydroxylation is 1. The third-order valence-electron chi connectivity index (χ3n) is 5.80. The number of aromatic nitrogens is 2. The van der Waals surface area contributed by atoms with E-state index in [1.807, 2.05) is 52.0 Å². The monoisotopic (exact) mass is 596 g/mol. The quantitative estimate of drug-likeness (QED) is 0.275. The molecule has 0 unspecified atom stereocenters. The molecule has 0 atom stereocenters. The van der Waals surface area contributed by atoms with E-state index in [0.29, 0.717) is 24.1 Å². The zero-order valence-electron chi connectivity index (χ0n) is 22.7. The molecule has 3 N–H and O–H groups in total. The topological polar surface area (TPSA) is 108 Å². The van der Waals surface area contributed by atoms with Gasteiger partial charge >= 0.3 is 0 Å². The van der Waals surface area contributed by atoms with Crippen LogP contribution in [0.15, 0.2) is 59.6 Å². The molecule has 214 valence electrons. The average Bonchev–Trinajstić information content (AvgIpc) is 3.35. The van der Waals surface area contributed by atoms with Gasteiger partial charge in [-0.05, 0) is 96.1 Å². The van der Waals surface area contributed by atoms with E-state index in [1.54, 1.807) is 30.5 Å². The first kappa shape index (κ1) is 32.6. The van der Waals surface area contributed by atoms with Crippen LogP contribution in [0.1, 0.15) is 39.2 Å². The smallest absolute Gasteiger partial charge is 0.241 e. The van der Waals surface area contributed by atoms with Gasteiger partial charge < -0.3 is 15.4 Å². The number of nitrogens with zero attached hydrogens (tertiary/aromatic N) is 3. The summed E-state index contributed by atoms with van der Waals surface area (Å²) in [5.41, 5.74) is 1.70. The molecule has 1 saturated heterocycles. The van der Waals surface area contributed by atoms with Crippen LogP contribution >= 0.6 is 24.8 Å². The van der Waals surface area contributed by atoms with Crippen molar-refractivity contribution >= 4 is 58.0 Å². The summed E-state index contributed by atoms with van der Waals surface area (Å²) in [7, 11) is -3.65. The minimum Gasteiger partial charge on any atom is -0.492 e. The van der Waals surface area contributed by atoms with E-state index in [0.717, 1.165) is 23.5 Å². The second-order valence-electron chi connectivity index (χ2n) is 10.3. The summed E-state index contributed by atoms with van der Waals surface area (Å²) in [6, 6.07) is 14.4. The van der Waals surface area contributed by atoms with E-state index in [-0.39, 0.29) is 29.7 Å². The second-order valence-corrected chi connectivity index (χ2v) is 12.0. The van der Waals surface area contributed by atoms with Gasteiger partial charge in [0, 0.05) is 35.2 Å². The normalized spacial score (nSPS) is 13.7. The zero-order valence-corrected chi connectivity index (χ0v) is 25.2. The van der Waals surface area contributed by atoms with Gasteiger partial charge in [-0.25, -0.2) is 18.1 Å². The van der Waals surface area contributed by atoms with Gasteiger partial charge in [0.05, 0.1) is 4.90 Å². The lowest BCUT2D eigenvalue weighted by atomic mass is 10.1. The SMILES string of the molecule is Cc1cnc(Nc2ccc(OCCN3CCCC3)cc2)nc1Nc1cccc(S(=O)(=O)NC(C)(C)C)c1.Cl.Cl. The zero-order chi connectivity index (χ0) is 26.5. The van der Waals surface area contributed by atoms with Gasteiger partial charge in [0.15, 0.2) is 0 Å². The predicted molar refractivity (Wildman–Crippen MR) is 162 cm³/mol. The lowest BCUT2D eigenvalue weighted by Crippen LogP contribution is -2.40. The minimum absolute atomic E-state index is 0. The first-order chi connectivity index (χ1) is 17.6. The molecule has 0 aliphatic carbocycles. The summed E-state index contributed by atoms with van der Waals surface area (Å²) in [6.45, 7) is 11.3. The lowest BCUT2D eigenvalue weighted by Gasteiger charge is -2.20. The van der Waals surface area contributed by atoms with Crippen LogP contribution in [-0.2, 0) is 10.0 Å². The van der Waals surface area contributed by atoms with E-state index in [4.69, 9.17) is 4.74 Å². The van der Waals surface area contributed by atoms with Crippen molar-refractivity contribution in [2.75, 3.05) is 36.9 Å². The minimum atomic E-state index is -3.65. The van der Waals surface area contributed by atoms with Crippen LogP contribution in [0, 0.1) is 6.92 Å². The Hall–Kier alpha value is -2.63. The number of hydrogen-bond acceptors (Lipinski definition) is 8. The molecule has 1 aliphatic rings. The van der Waals surface area contributed by atoms with Gasteiger partial charge in [0.1, 0.15) is 18.2 Å². The Morgan fingerprint density at radius 3 is 2.33 bits per heavy atom. The van der Waals surface area contributed by atoms with Crippen molar-refractivity contribution in [3.8, 4) is 5.75 Å². The molecule has 12 heteroatoms. The summed E-state index contributed by atoms with van der Waals surface area (Å²) in [5.74, 6) is 1.83. The maximum absolute atomic E-state index is 12.7. The number of nitrogens with one attached hydrogen (secondary N) is 3. The highest BCUT2D eigenvalue weighted by Crippen LogP contribution is 2.24. The third-order valence-corrected chi connectivity index (χ3v) is 7.56. The van der Waals surface area contributed by atoms with Crippen LogP contribution < -0.4 is 20.1 Å². The number of ether oxygens (including phenoxy) is 1. The molecule has 1 aliphatic heterocycles. The lowest BCUT2D eigenvalue weighted by molar-refractivity contribution is 0.238. The molecule has 0 spiro atoms. The Labute approximate surface area is 244 Å². The molecule has 1 aromatic heterocycles. The fourth-order valence-electron chi connectivity index (χ4n) is 4.03. The Bertz CT molecular complexity index is 1310. The number of hydrogen-bond donors (Lipinski definition) is 3. The molecule has 39 heavy (non-hydrogen) atoms. The highest BCUT2D eigenvalue weighted by molar-refractivity contribution is 7.89. The molecule has 0 radical (unpaired) electrons. The molecule has 3 aromatic rings. The highest BCUT2D eigenvalue weighted by Gasteiger charge is 2.22. The fourth-order valence-corrected chi connectivity index (χ4v) is 5.49. The van der Waals surface area contributed by atoms with Gasteiger partial charge in [-0.1, -0.05) is 6.07 Å². The summed E-state index contributed by atoms with van der Waals surface area (Å²) < 4.78 is 34.0. The maximum Gasteiger partial charge on any atom is 0.241 e. The Morgan fingerprint density at radius 2 is 1.67 bits per heavy atom. The summed E-state index contributed by atoms with van der Waals surface area (Å²) in [5, 5.41) is 6.44. The largest absolute Gasteiger partial charge is 0.492 e. The van der Waals surface area contributed by atoms with Gasteiger partial charge in [0.25, 0.3) is 0 Å². The first-order valence-electron chi connectivity index (χ1n) is 12.5. The summed E-state index contributed by atoms with van der Waals surface area (Å²) in [6.07, 6.45) is 4.28. The average molecular weight is 598 g/mol. The molecular weight excluding hydrogens is 559 g/mol. The number of benzene rings is 2. The van der Waals surface area contributed by atoms with E-state index in [2.05, 4.69) is 30.2 Å². The maximum atomic E-state index is 12.7. The molecule has 0 bridgehead atoms. The van der Waals surface area contributed by atoms with Crippen molar-refractivity contribution in [1.82, 2.24) is 19.6 Å². The summed E-state index contributed by atoms with van der Waals surface area (Å²) >= 11 is 0. The Balaban J connectivity index is 0.00000267. The van der Waals surface area contributed by atoms with Gasteiger partial charge in [0.2, 0.25) is 16.0 Å². The van der Waals surface area contributed by atoms with Crippen molar-refractivity contribution < 1.29 is 13.2 Å². The molecule has 9 nitrogen and oxygen atoms in total. The number of likely N-dealkylation sites (tertiary alicyclic amines) is 1. The molecule has 4 rings (SSSR count). The molecule has 2 aromatic carbocycles. The molecule has 1 fully saturated rings. The predicted octanol–water partition coefficient (Wildman–Crippen LogP) is 5.67.